The van der Waals surface area contributed by atoms with Crippen molar-refractivity contribution in [2.75, 3.05) is 6.61 Å². The van der Waals surface area contributed by atoms with E-state index in [9.17, 15) is 0 Å². The van der Waals surface area contributed by atoms with Crippen molar-refractivity contribution in [3.63, 3.8) is 0 Å². The summed E-state index contributed by atoms with van der Waals surface area (Å²) in [6.07, 6.45) is 3.46. The van der Waals surface area contributed by atoms with E-state index in [-0.39, 0.29) is 11.6 Å². The van der Waals surface area contributed by atoms with Gasteiger partial charge in [-0.1, -0.05) is 0 Å². The Balaban J connectivity index is 2.29. The van der Waals surface area contributed by atoms with E-state index >= 15 is 0 Å². The van der Waals surface area contributed by atoms with Crippen LogP contribution in [0.1, 0.15) is 54.7 Å². The summed E-state index contributed by atoms with van der Waals surface area (Å²) in [6.45, 7) is 7.04. The molecule has 1 saturated heterocycles. The van der Waals surface area contributed by atoms with Crippen LogP contribution in [0.4, 0.5) is 0 Å². The van der Waals surface area contributed by atoms with Gasteiger partial charge in [-0.2, -0.15) is 0 Å². The topological polar surface area (TPSA) is 48.1 Å². The number of ether oxygens (including phenoxy) is 1. The van der Waals surface area contributed by atoms with E-state index in [0.717, 1.165) is 23.7 Å². The van der Waals surface area contributed by atoms with E-state index < -0.39 is 0 Å². The van der Waals surface area contributed by atoms with Crippen LogP contribution in [0.3, 0.4) is 0 Å². The number of aromatic nitrogens is 1. The second-order valence-corrected chi connectivity index (χ2v) is 5.82. The number of aryl methyl sites for hydroxylation is 1. The highest BCUT2D eigenvalue weighted by Gasteiger charge is 2.33. The first-order chi connectivity index (χ1) is 7.53. The number of thiazole rings is 1. The van der Waals surface area contributed by atoms with Gasteiger partial charge < -0.3 is 10.5 Å². The lowest BCUT2D eigenvalue weighted by Gasteiger charge is -2.31. The van der Waals surface area contributed by atoms with Crippen LogP contribution in [0.15, 0.2) is 0 Å². The molecule has 2 rings (SSSR count). The average molecular weight is 240 g/mol. The number of rotatable bonds is 2. The lowest BCUT2D eigenvalue weighted by atomic mass is 9.97. The molecular formula is C12H20N2OS. The van der Waals surface area contributed by atoms with Crippen LogP contribution < -0.4 is 5.73 Å². The molecule has 1 aliphatic rings. The summed E-state index contributed by atoms with van der Waals surface area (Å²) >= 11 is 1.71. The minimum Gasteiger partial charge on any atom is -0.368 e. The molecule has 1 fully saturated rings. The first-order valence-electron chi connectivity index (χ1n) is 5.90. The predicted octanol–water partition coefficient (Wildman–Crippen LogP) is 2.89. The van der Waals surface area contributed by atoms with Crippen LogP contribution in [0.25, 0.3) is 0 Å². The largest absolute Gasteiger partial charge is 0.368 e. The van der Waals surface area contributed by atoms with E-state index in [1.807, 2.05) is 13.8 Å². The summed E-state index contributed by atoms with van der Waals surface area (Å²) in [5.74, 6) is 0. The molecule has 3 nitrogen and oxygen atoms in total. The second kappa shape index (κ2) is 4.43. The Morgan fingerprint density at radius 3 is 2.75 bits per heavy atom. The Kier molecular flexibility index (Phi) is 3.33. The first-order valence-corrected chi connectivity index (χ1v) is 6.72. The monoisotopic (exact) mass is 240 g/mol. The zero-order valence-electron chi connectivity index (χ0n) is 10.2. The third-order valence-corrected chi connectivity index (χ3v) is 4.77. The lowest BCUT2D eigenvalue weighted by molar-refractivity contribution is -0.0702. The van der Waals surface area contributed by atoms with E-state index in [4.69, 9.17) is 10.5 Å². The van der Waals surface area contributed by atoms with Gasteiger partial charge in [-0.15, -0.1) is 11.3 Å². The molecule has 1 aromatic heterocycles. The van der Waals surface area contributed by atoms with Crippen LogP contribution >= 0.6 is 11.3 Å². The molecule has 16 heavy (non-hydrogen) atoms. The third-order valence-electron chi connectivity index (χ3n) is 3.17. The van der Waals surface area contributed by atoms with Crippen molar-refractivity contribution in [2.24, 2.45) is 5.73 Å². The van der Waals surface area contributed by atoms with Gasteiger partial charge in [0.15, 0.2) is 0 Å². The average Bonchev–Trinajstić information content (AvgIpc) is 2.62. The summed E-state index contributed by atoms with van der Waals surface area (Å²) < 4.78 is 5.91. The van der Waals surface area contributed by atoms with Gasteiger partial charge in [-0.05, 0) is 40.0 Å². The van der Waals surface area contributed by atoms with Crippen molar-refractivity contribution in [3.05, 3.63) is 15.6 Å². The van der Waals surface area contributed by atoms with Crippen molar-refractivity contribution in [1.29, 1.82) is 0 Å². The van der Waals surface area contributed by atoms with E-state index in [1.54, 1.807) is 11.3 Å². The molecule has 0 radical (unpaired) electrons. The van der Waals surface area contributed by atoms with Crippen LogP contribution in [0.2, 0.25) is 0 Å². The summed E-state index contributed by atoms with van der Waals surface area (Å²) in [5, 5.41) is 1.09. The van der Waals surface area contributed by atoms with E-state index in [0.29, 0.717) is 0 Å². The fraction of sp³-hybridized carbons (Fsp3) is 0.750. The predicted molar refractivity (Wildman–Crippen MR) is 66.6 cm³/mol. The number of nitrogens with two attached hydrogens (primary N) is 1. The zero-order chi connectivity index (χ0) is 11.8. The van der Waals surface area contributed by atoms with Gasteiger partial charge in [-0.3, -0.25) is 0 Å². The molecule has 0 bridgehead atoms. The van der Waals surface area contributed by atoms with Gasteiger partial charge in [0.2, 0.25) is 0 Å². The quantitative estimate of drug-likeness (QED) is 0.864. The molecule has 1 aliphatic heterocycles. The van der Waals surface area contributed by atoms with Crippen LogP contribution in [0.5, 0.6) is 0 Å². The molecule has 1 aromatic rings. The second-order valence-electron chi connectivity index (χ2n) is 4.79. The maximum atomic E-state index is 5.93. The molecule has 2 heterocycles. The lowest BCUT2D eigenvalue weighted by Crippen LogP contribution is -2.29. The number of nitrogens with zero attached hydrogens (tertiary/aromatic N) is 1. The first kappa shape index (κ1) is 12.0. The third kappa shape index (κ3) is 2.14. The maximum absolute atomic E-state index is 5.93. The molecule has 0 aromatic carbocycles. The zero-order valence-corrected chi connectivity index (χ0v) is 11.1. The van der Waals surface area contributed by atoms with Crippen molar-refractivity contribution in [3.8, 4) is 0 Å². The Morgan fingerprint density at radius 2 is 2.25 bits per heavy atom. The highest BCUT2D eigenvalue weighted by molar-refractivity contribution is 7.12. The fourth-order valence-electron chi connectivity index (χ4n) is 2.16. The highest BCUT2D eigenvalue weighted by Crippen LogP contribution is 2.38. The molecule has 0 amide bonds. The molecule has 4 heteroatoms. The SMILES string of the molecule is Cc1nc(C2(C)CCCCO2)sc1C(C)N. The molecule has 2 atom stereocenters. The smallest absolute Gasteiger partial charge is 0.125 e. The molecule has 2 unspecified atom stereocenters. The minimum absolute atomic E-state index is 0.0680. The van der Waals surface area contributed by atoms with E-state index in [2.05, 4.69) is 11.9 Å². The van der Waals surface area contributed by atoms with Crippen LogP contribution in [-0.2, 0) is 10.3 Å². The van der Waals surface area contributed by atoms with E-state index in [1.165, 1.54) is 17.7 Å². The molecule has 0 saturated carbocycles. The van der Waals surface area contributed by atoms with Gasteiger partial charge in [0.05, 0.1) is 5.69 Å². The van der Waals surface area contributed by atoms with Gasteiger partial charge >= 0.3 is 0 Å². The maximum Gasteiger partial charge on any atom is 0.125 e. The summed E-state index contributed by atoms with van der Waals surface area (Å²) in [7, 11) is 0. The van der Waals surface area contributed by atoms with Crippen molar-refractivity contribution in [1.82, 2.24) is 4.98 Å². The standard InChI is InChI=1S/C12H20N2OS/c1-8(13)10-9(2)14-11(16-10)12(3)6-4-5-7-15-12/h8H,4-7,13H2,1-3H3. The Labute approximate surface area is 101 Å². The normalized spacial score (nSPS) is 28.0. The fourth-order valence-corrected chi connectivity index (χ4v) is 3.31. The van der Waals surface area contributed by atoms with Crippen molar-refractivity contribution in [2.45, 2.75) is 51.7 Å². The van der Waals surface area contributed by atoms with Crippen LogP contribution in [-0.4, -0.2) is 11.6 Å². The molecule has 90 valence electrons. The summed E-state index contributed by atoms with van der Waals surface area (Å²) in [6, 6.07) is 0.0680. The molecular weight excluding hydrogens is 220 g/mol. The Hall–Kier alpha value is -0.450. The van der Waals surface area contributed by atoms with Gasteiger partial charge in [0.25, 0.3) is 0 Å². The van der Waals surface area contributed by atoms with Gasteiger partial charge in [0.1, 0.15) is 10.6 Å². The summed E-state index contributed by atoms with van der Waals surface area (Å²) in [5.41, 5.74) is 6.81. The molecule has 0 aliphatic carbocycles. The van der Waals surface area contributed by atoms with Crippen molar-refractivity contribution >= 4 is 11.3 Å². The highest BCUT2D eigenvalue weighted by atomic mass is 32.1. The summed E-state index contributed by atoms with van der Waals surface area (Å²) in [4.78, 5) is 5.83. The Bertz CT molecular complexity index is 367. The molecule has 2 N–H and O–H groups in total. The van der Waals surface area contributed by atoms with Gasteiger partial charge in [-0.25, -0.2) is 4.98 Å². The van der Waals surface area contributed by atoms with Gasteiger partial charge in [0, 0.05) is 17.5 Å². The minimum atomic E-state index is -0.180. The van der Waals surface area contributed by atoms with Crippen LogP contribution in [0, 0.1) is 6.92 Å². The number of hydrogen-bond donors (Lipinski definition) is 1. The Morgan fingerprint density at radius 1 is 1.50 bits per heavy atom. The van der Waals surface area contributed by atoms with Crippen molar-refractivity contribution < 1.29 is 4.74 Å². The molecule has 0 spiro atoms. The number of hydrogen-bond acceptors (Lipinski definition) is 4.